The summed E-state index contributed by atoms with van der Waals surface area (Å²) in [5.74, 6) is -1.32. The molecule has 3 aliphatic heterocycles. The minimum atomic E-state index is -0.892. The molecule has 3 aliphatic rings. The van der Waals surface area contributed by atoms with Gasteiger partial charge < -0.3 is 30.7 Å². The monoisotopic (exact) mass is 790 g/mol. The fraction of sp³-hybridized carbons (Fsp3) is 0.538. The molecule has 8 bridgehead atoms. The maximum absolute atomic E-state index is 14.0. The lowest BCUT2D eigenvalue weighted by Crippen LogP contribution is -2.45. The molecule has 0 saturated heterocycles. The topological polar surface area (TPSA) is 185 Å². The molecule has 1 aromatic carbocycles. The molecule has 9 atom stereocenters. The summed E-state index contributed by atoms with van der Waals surface area (Å²) in [6, 6.07) is 5.59. The summed E-state index contributed by atoms with van der Waals surface area (Å²) in [5, 5.41) is 16.8. The normalized spacial score (nSPS) is 28.2. The van der Waals surface area contributed by atoms with Crippen LogP contribution in [0.15, 0.2) is 51.1 Å². The molecule has 0 aliphatic carbocycles. The number of hydrogen-bond donors (Lipinski definition) is 4. The Hall–Kier alpha value is -4.70. The van der Waals surface area contributed by atoms with Crippen LogP contribution in [0.25, 0.3) is 0 Å². The highest BCUT2D eigenvalue weighted by molar-refractivity contribution is 7.10. The number of hydrogen-bond acceptors (Lipinski definition) is 12. The Morgan fingerprint density at radius 1 is 0.673 bits per heavy atom. The van der Waals surface area contributed by atoms with Gasteiger partial charge in [0.2, 0.25) is 23.6 Å². The van der Waals surface area contributed by atoms with Gasteiger partial charge in [-0.05, 0) is 43.6 Å². The average Bonchev–Trinajstić information content (AvgIpc) is 3.98. The lowest BCUT2D eigenvalue weighted by atomic mass is 9.98. The third-order valence-electron chi connectivity index (χ3n) is 10.2. The Labute approximate surface area is 329 Å². The van der Waals surface area contributed by atoms with E-state index in [1.807, 2.05) is 71.9 Å². The third kappa shape index (κ3) is 8.90. The van der Waals surface area contributed by atoms with Crippen LogP contribution in [0, 0.1) is 17.8 Å². The minimum absolute atomic E-state index is 0.0673. The van der Waals surface area contributed by atoms with E-state index in [1.165, 1.54) is 22.7 Å². The fourth-order valence-electron chi connectivity index (χ4n) is 6.68. The van der Waals surface area contributed by atoms with Crippen molar-refractivity contribution >= 4 is 58.1 Å². The van der Waals surface area contributed by atoms with Crippen LogP contribution < -0.4 is 21.3 Å². The number of fused-ring (bicyclic) bond motifs is 6. The molecule has 4 N–H and O–H groups in total. The summed E-state index contributed by atoms with van der Waals surface area (Å²) in [6.45, 7) is 15.3. The molecule has 14 nitrogen and oxygen atoms in total. The lowest BCUT2D eigenvalue weighted by molar-refractivity contribution is -0.125. The number of aliphatic imine (C=N–C) groups is 2. The molecule has 294 valence electrons. The van der Waals surface area contributed by atoms with Crippen LogP contribution >= 0.6 is 22.7 Å². The standard InChI is InChI=1S/C39H50N8O6S2/c1-9-20(6)29-37-47-30(21(7)53-37)34(50)40-24(15-23-13-11-10-12-14-23)38-41-25(16-54-38)32(48)43-27(18(2)3)36-46-31(22(8)52-36)35(51)44-28(19(4)5)39-42-26(17-55-39)33(49)45-29/h10-14,16-22,24,27-31H,9,15H2,1-8H3,(H,40,50)(H,43,48)(H,44,51)(H,45,49)/t20?,21-,22-,24-,27+,28-,29+,30?,31?/m1/s1. The molecule has 4 amide bonds. The van der Waals surface area contributed by atoms with E-state index in [2.05, 4.69) is 31.2 Å². The van der Waals surface area contributed by atoms with Crippen LogP contribution in [0.2, 0.25) is 0 Å². The fourth-order valence-corrected chi connectivity index (χ4v) is 8.55. The van der Waals surface area contributed by atoms with Gasteiger partial charge in [-0.3, -0.25) is 19.2 Å². The van der Waals surface area contributed by atoms with E-state index in [1.54, 1.807) is 24.6 Å². The van der Waals surface area contributed by atoms with Gasteiger partial charge in [0.25, 0.3) is 11.8 Å². The van der Waals surface area contributed by atoms with Crippen molar-refractivity contribution in [3.05, 3.63) is 68.1 Å². The molecule has 6 rings (SSSR count). The first-order chi connectivity index (χ1) is 26.2. The molecule has 0 radical (unpaired) electrons. The van der Waals surface area contributed by atoms with Gasteiger partial charge >= 0.3 is 0 Å². The predicted octanol–water partition coefficient (Wildman–Crippen LogP) is 4.80. The van der Waals surface area contributed by atoms with Gasteiger partial charge in [-0.15, -0.1) is 22.7 Å². The molecule has 16 heteroatoms. The molecule has 0 fully saturated rings. The SMILES string of the molecule is CCC(C)[C@@H]1NC(=O)c2csc(n2)[C@@H](C(C)C)NC(=O)C2N=C(O[C@@H]2C)[C@H](C(C)C)NC(=O)c2csc(n2)[C@@H](Cc2ccccc2)NC(=O)C2N=C1O[C@@H]2C. The predicted molar refractivity (Wildman–Crippen MR) is 211 cm³/mol. The first-order valence-electron chi connectivity index (χ1n) is 18.9. The van der Waals surface area contributed by atoms with Crippen LogP contribution in [0.5, 0.6) is 0 Å². The average molecular weight is 791 g/mol. The zero-order valence-electron chi connectivity index (χ0n) is 32.4. The molecule has 3 aromatic rings. The molecule has 2 aromatic heterocycles. The van der Waals surface area contributed by atoms with Crippen molar-refractivity contribution in [1.29, 1.82) is 0 Å². The number of benzene rings is 1. The molecule has 0 spiro atoms. The van der Waals surface area contributed by atoms with Crippen molar-refractivity contribution in [2.75, 3.05) is 0 Å². The first kappa shape index (κ1) is 40.0. The van der Waals surface area contributed by atoms with Crippen molar-refractivity contribution in [2.24, 2.45) is 27.7 Å². The maximum Gasteiger partial charge on any atom is 0.271 e. The van der Waals surface area contributed by atoms with Crippen LogP contribution in [-0.2, 0) is 25.5 Å². The number of carbonyl (C=O) groups is 4. The quantitative estimate of drug-likeness (QED) is 0.275. The second-order valence-electron chi connectivity index (χ2n) is 15.1. The van der Waals surface area contributed by atoms with Gasteiger partial charge in [0, 0.05) is 10.8 Å². The number of carbonyl (C=O) groups excluding carboxylic acids is 4. The Balaban J connectivity index is 1.39. The number of amides is 4. The molecule has 0 saturated carbocycles. The number of ether oxygens (including phenoxy) is 2. The maximum atomic E-state index is 14.0. The number of nitrogens with zero attached hydrogens (tertiary/aromatic N) is 4. The zero-order valence-corrected chi connectivity index (χ0v) is 34.0. The van der Waals surface area contributed by atoms with Gasteiger partial charge in [0.15, 0.2) is 12.1 Å². The van der Waals surface area contributed by atoms with Crippen molar-refractivity contribution < 1.29 is 28.7 Å². The van der Waals surface area contributed by atoms with Gasteiger partial charge in [-0.1, -0.05) is 78.3 Å². The third-order valence-corrected chi connectivity index (χ3v) is 12.1. The van der Waals surface area contributed by atoms with Crippen LogP contribution in [0.1, 0.15) is 110 Å². The summed E-state index contributed by atoms with van der Waals surface area (Å²) >= 11 is 2.55. The Morgan fingerprint density at radius 2 is 1.18 bits per heavy atom. The second kappa shape index (κ2) is 17.0. The number of rotatable bonds is 6. The molecular formula is C39H50N8O6S2. The van der Waals surface area contributed by atoms with E-state index in [9.17, 15) is 19.2 Å². The van der Waals surface area contributed by atoms with E-state index < -0.39 is 60.3 Å². The highest BCUT2D eigenvalue weighted by atomic mass is 32.1. The van der Waals surface area contributed by atoms with Crippen molar-refractivity contribution in [2.45, 2.75) is 117 Å². The van der Waals surface area contributed by atoms with Gasteiger partial charge in [0.1, 0.15) is 45.7 Å². The van der Waals surface area contributed by atoms with E-state index in [4.69, 9.17) is 19.5 Å². The molecule has 3 unspecified atom stereocenters. The number of nitrogens with one attached hydrogen (secondary N) is 4. The van der Waals surface area contributed by atoms with Crippen molar-refractivity contribution in [3.63, 3.8) is 0 Å². The van der Waals surface area contributed by atoms with E-state index in [-0.39, 0.29) is 52.8 Å². The zero-order chi connectivity index (χ0) is 39.6. The number of thiazole rings is 2. The van der Waals surface area contributed by atoms with Crippen LogP contribution in [-0.4, -0.2) is 81.8 Å². The summed E-state index contributed by atoms with van der Waals surface area (Å²) in [6.07, 6.45) is -0.0891. The molecule has 55 heavy (non-hydrogen) atoms. The highest BCUT2D eigenvalue weighted by Gasteiger charge is 2.41. The molecule has 5 heterocycles. The van der Waals surface area contributed by atoms with E-state index in [0.717, 1.165) is 5.56 Å². The van der Waals surface area contributed by atoms with Gasteiger partial charge in [-0.25, -0.2) is 20.0 Å². The Bertz CT molecular complexity index is 1940. The summed E-state index contributed by atoms with van der Waals surface area (Å²) in [4.78, 5) is 74.2. The van der Waals surface area contributed by atoms with E-state index >= 15 is 0 Å². The smallest absolute Gasteiger partial charge is 0.271 e. The van der Waals surface area contributed by atoms with Crippen LogP contribution in [0.3, 0.4) is 0 Å². The first-order valence-corrected chi connectivity index (χ1v) is 20.7. The minimum Gasteiger partial charge on any atom is -0.474 e. The summed E-state index contributed by atoms with van der Waals surface area (Å²) < 4.78 is 12.3. The van der Waals surface area contributed by atoms with E-state index in [0.29, 0.717) is 22.9 Å². The Kier molecular flexibility index (Phi) is 12.3. The largest absolute Gasteiger partial charge is 0.474 e. The van der Waals surface area contributed by atoms with Crippen LogP contribution in [0.4, 0.5) is 0 Å². The summed E-state index contributed by atoms with van der Waals surface area (Å²) in [5.41, 5.74) is 1.35. The lowest BCUT2D eigenvalue weighted by Gasteiger charge is -2.24. The summed E-state index contributed by atoms with van der Waals surface area (Å²) in [7, 11) is 0. The van der Waals surface area contributed by atoms with Crippen molar-refractivity contribution in [1.82, 2.24) is 31.2 Å². The molecular weight excluding hydrogens is 741 g/mol. The Morgan fingerprint density at radius 3 is 1.75 bits per heavy atom. The van der Waals surface area contributed by atoms with Gasteiger partial charge in [0.05, 0.1) is 12.1 Å². The van der Waals surface area contributed by atoms with Crippen molar-refractivity contribution in [3.8, 4) is 0 Å². The second-order valence-corrected chi connectivity index (χ2v) is 16.9. The highest BCUT2D eigenvalue weighted by Crippen LogP contribution is 2.29. The van der Waals surface area contributed by atoms with Gasteiger partial charge in [-0.2, -0.15) is 0 Å². The number of aromatic nitrogens is 2.